The third kappa shape index (κ3) is 7.16. The molecule has 0 aromatic heterocycles. The van der Waals surface area contributed by atoms with Gasteiger partial charge in [0.25, 0.3) is 0 Å². The fourth-order valence-corrected chi connectivity index (χ4v) is 3.64. The van der Waals surface area contributed by atoms with Crippen molar-refractivity contribution >= 4 is 39.3 Å². The number of hydrogen-bond donors (Lipinski definition) is 1. The van der Waals surface area contributed by atoms with Crippen molar-refractivity contribution < 1.29 is 9.59 Å². The molecule has 0 aliphatic heterocycles. The minimum Gasteiger partial charge on any atom is -0.352 e. The van der Waals surface area contributed by atoms with Crippen LogP contribution in [-0.2, 0) is 22.6 Å². The van der Waals surface area contributed by atoms with Gasteiger partial charge in [-0.3, -0.25) is 9.59 Å². The molecule has 1 N–H and O–H groups in total. The summed E-state index contributed by atoms with van der Waals surface area (Å²) in [6, 6.07) is 14.8. The molecule has 0 spiro atoms. The van der Waals surface area contributed by atoms with E-state index < -0.39 is 6.04 Å². The number of amides is 2. The maximum atomic E-state index is 13.1. The standard InChI is InChI=1S/C23H28BrClN2O2/c1-4-16(2)26-23(29)17(3)27(15-18-8-7-10-20(24)14-18)22(28)13-12-19-9-5-6-11-21(19)25/h5-11,14,16-17H,4,12-13,15H2,1-3H3,(H,26,29)/t16-,17+/m0/s1. The third-order valence-electron chi connectivity index (χ3n) is 4.98. The van der Waals surface area contributed by atoms with E-state index in [-0.39, 0.29) is 17.9 Å². The van der Waals surface area contributed by atoms with Crippen LogP contribution in [0.4, 0.5) is 0 Å². The number of halogens is 2. The predicted octanol–water partition coefficient (Wildman–Crippen LogP) is 5.37. The smallest absolute Gasteiger partial charge is 0.242 e. The number of hydrogen-bond acceptors (Lipinski definition) is 2. The summed E-state index contributed by atoms with van der Waals surface area (Å²) in [5.41, 5.74) is 1.90. The second-order valence-corrected chi connectivity index (χ2v) is 8.56. The minimum atomic E-state index is -0.568. The molecule has 2 atom stereocenters. The molecule has 4 nitrogen and oxygen atoms in total. The summed E-state index contributed by atoms with van der Waals surface area (Å²) in [5, 5.41) is 3.64. The molecule has 0 saturated heterocycles. The van der Waals surface area contributed by atoms with Crippen LogP contribution in [0.2, 0.25) is 5.02 Å². The van der Waals surface area contributed by atoms with Gasteiger partial charge < -0.3 is 10.2 Å². The molecule has 2 aromatic carbocycles. The first-order valence-corrected chi connectivity index (χ1v) is 11.1. The Hall–Kier alpha value is -1.85. The fraction of sp³-hybridized carbons (Fsp3) is 0.391. The van der Waals surface area contributed by atoms with Gasteiger partial charge in [0.1, 0.15) is 6.04 Å². The van der Waals surface area contributed by atoms with Crippen LogP contribution in [0.1, 0.15) is 44.7 Å². The Morgan fingerprint density at radius 3 is 2.52 bits per heavy atom. The molecule has 6 heteroatoms. The van der Waals surface area contributed by atoms with Gasteiger partial charge in [-0.25, -0.2) is 0 Å². The van der Waals surface area contributed by atoms with E-state index in [4.69, 9.17) is 11.6 Å². The van der Waals surface area contributed by atoms with E-state index in [1.807, 2.05) is 62.4 Å². The molecule has 0 aliphatic carbocycles. The van der Waals surface area contributed by atoms with Crippen LogP contribution >= 0.6 is 27.5 Å². The van der Waals surface area contributed by atoms with Crippen molar-refractivity contribution in [1.82, 2.24) is 10.2 Å². The second-order valence-electron chi connectivity index (χ2n) is 7.24. The lowest BCUT2D eigenvalue weighted by molar-refractivity contribution is -0.140. The number of carbonyl (C=O) groups excluding carboxylic acids is 2. The fourth-order valence-electron chi connectivity index (χ4n) is 2.97. The summed E-state index contributed by atoms with van der Waals surface area (Å²) in [5.74, 6) is -0.211. The lowest BCUT2D eigenvalue weighted by Crippen LogP contribution is -2.49. The van der Waals surface area contributed by atoms with Crippen molar-refractivity contribution in [3.63, 3.8) is 0 Å². The zero-order valence-corrected chi connectivity index (χ0v) is 19.5. The summed E-state index contributed by atoms with van der Waals surface area (Å²) in [7, 11) is 0. The van der Waals surface area contributed by atoms with Crippen molar-refractivity contribution in [3.8, 4) is 0 Å². The highest BCUT2D eigenvalue weighted by molar-refractivity contribution is 9.10. The summed E-state index contributed by atoms with van der Waals surface area (Å²) >= 11 is 9.70. The van der Waals surface area contributed by atoms with Gasteiger partial charge in [0, 0.05) is 28.5 Å². The number of nitrogens with zero attached hydrogens (tertiary/aromatic N) is 1. The maximum absolute atomic E-state index is 13.1. The number of carbonyl (C=O) groups is 2. The van der Waals surface area contributed by atoms with Gasteiger partial charge in [-0.2, -0.15) is 0 Å². The number of nitrogens with one attached hydrogen (secondary N) is 1. The highest BCUT2D eigenvalue weighted by Gasteiger charge is 2.26. The quantitative estimate of drug-likeness (QED) is 0.526. The molecule has 2 aromatic rings. The first-order valence-electron chi connectivity index (χ1n) is 9.89. The zero-order valence-electron chi connectivity index (χ0n) is 17.1. The summed E-state index contributed by atoms with van der Waals surface area (Å²) in [4.78, 5) is 27.5. The minimum absolute atomic E-state index is 0.0656. The van der Waals surface area contributed by atoms with Crippen LogP contribution in [0.25, 0.3) is 0 Å². The Labute approximate surface area is 186 Å². The van der Waals surface area contributed by atoms with Crippen molar-refractivity contribution in [1.29, 1.82) is 0 Å². The Bertz CT molecular complexity index is 843. The first-order chi connectivity index (χ1) is 13.8. The molecule has 2 amide bonds. The van der Waals surface area contributed by atoms with Crippen LogP contribution < -0.4 is 5.32 Å². The lowest BCUT2D eigenvalue weighted by atomic mass is 10.1. The third-order valence-corrected chi connectivity index (χ3v) is 5.84. The van der Waals surface area contributed by atoms with E-state index in [2.05, 4.69) is 21.2 Å². The van der Waals surface area contributed by atoms with Crippen molar-refractivity contribution in [2.45, 2.75) is 58.7 Å². The number of rotatable bonds is 9. The summed E-state index contributed by atoms with van der Waals surface area (Å²) in [6.45, 7) is 6.13. The molecule has 0 bridgehead atoms. The Kier molecular flexibility index (Phi) is 9.18. The van der Waals surface area contributed by atoms with Crippen LogP contribution in [-0.4, -0.2) is 28.8 Å². The first kappa shape index (κ1) is 23.4. The summed E-state index contributed by atoms with van der Waals surface area (Å²) < 4.78 is 0.940. The van der Waals surface area contributed by atoms with Gasteiger partial charge in [-0.1, -0.05) is 64.8 Å². The van der Waals surface area contributed by atoms with E-state index in [1.54, 1.807) is 11.8 Å². The Balaban J connectivity index is 2.17. The van der Waals surface area contributed by atoms with Gasteiger partial charge in [-0.05, 0) is 56.0 Å². The van der Waals surface area contributed by atoms with Crippen molar-refractivity contribution in [2.75, 3.05) is 0 Å². The SMILES string of the molecule is CC[C@H](C)NC(=O)[C@@H](C)N(Cc1cccc(Br)c1)C(=O)CCc1ccccc1Cl. The van der Waals surface area contributed by atoms with E-state index in [1.165, 1.54) is 0 Å². The molecule has 29 heavy (non-hydrogen) atoms. The molecular formula is C23H28BrClN2O2. The molecule has 2 rings (SSSR count). The van der Waals surface area contributed by atoms with E-state index in [9.17, 15) is 9.59 Å². The topological polar surface area (TPSA) is 49.4 Å². The molecule has 0 fully saturated rings. The zero-order chi connectivity index (χ0) is 21.4. The van der Waals surface area contributed by atoms with Crippen LogP contribution in [0, 0.1) is 0 Å². The molecule has 156 valence electrons. The van der Waals surface area contributed by atoms with Crippen LogP contribution in [0.3, 0.4) is 0 Å². The van der Waals surface area contributed by atoms with Gasteiger partial charge in [0.2, 0.25) is 11.8 Å². The van der Waals surface area contributed by atoms with Crippen molar-refractivity contribution in [2.24, 2.45) is 0 Å². The number of benzene rings is 2. The molecule has 0 unspecified atom stereocenters. The predicted molar refractivity (Wildman–Crippen MR) is 122 cm³/mol. The monoisotopic (exact) mass is 478 g/mol. The average Bonchev–Trinajstić information content (AvgIpc) is 2.70. The summed E-state index contributed by atoms with van der Waals surface area (Å²) in [6.07, 6.45) is 1.66. The highest BCUT2D eigenvalue weighted by atomic mass is 79.9. The molecule has 0 heterocycles. The van der Waals surface area contributed by atoms with Crippen LogP contribution in [0.15, 0.2) is 53.0 Å². The molecule has 0 aliphatic rings. The normalized spacial score (nSPS) is 12.9. The molecular weight excluding hydrogens is 452 g/mol. The largest absolute Gasteiger partial charge is 0.352 e. The number of aryl methyl sites for hydroxylation is 1. The van der Waals surface area contributed by atoms with Gasteiger partial charge >= 0.3 is 0 Å². The lowest BCUT2D eigenvalue weighted by Gasteiger charge is -2.30. The molecule has 0 radical (unpaired) electrons. The highest BCUT2D eigenvalue weighted by Crippen LogP contribution is 2.19. The van der Waals surface area contributed by atoms with Gasteiger partial charge in [-0.15, -0.1) is 0 Å². The second kappa shape index (κ2) is 11.4. The van der Waals surface area contributed by atoms with E-state index >= 15 is 0 Å². The Morgan fingerprint density at radius 2 is 1.86 bits per heavy atom. The average molecular weight is 480 g/mol. The maximum Gasteiger partial charge on any atom is 0.242 e. The molecule has 0 saturated carbocycles. The van der Waals surface area contributed by atoms with Gasteiger partial charge in [0.05, 0.1) is 0 Å². The Morgan fingerprint density at radius 1 is 1.14 bits per heavy atom. The van der Waals surface area contributed by atoms with Gasteiger partial charge in [0.15, 0.2) is 0 Å². The van der Waals surface area contributed by atoms with Crippen molar-refractivity contribution in [3.05, 3.63) is 69.2 Å². The van der Waals surface area contributed by atoms with E-state index in [0.717, 1.165) is 22.0 Å². The van der Waals surface area contributed by atoms with Crippen LogP contribution in [0.5, 0.6) is 0 Å². The van der Waals surface area contributed by atoms with E-state index in [0.29, 0.717) is 24.4 Å².